The van der Waals surface area contributed by atoms with Gasteiger partial charge in [-0.1, -0.05) is 0 Å². The third-order valence-electron chi connectivity index (χ3n) is 3.31. The second-order valence-electron chi connectivity index (χ2n) is 4.68. The van der Waals surface area contributed by atoms with Gasteiger partial charge in [0.2, 0.25) is 5.91 Å². The lowest BCUT2D eigenvalue weighted by molar-refractivity contribution is -0.142. The Morgan fingerprint density at radius 1 is 1.67 bits per heavy atom. The maximum Gasteiger partial charge on any atom is 0.331 e. The number of aromatic nitrogens is 2. The monoisotopic (exact) mass is 252 g/mol. The Morgan fingerprint density at radius 3 is 2.72 bits per heavy atom. The Kier molecular flexibility index (Phi) is 3.08. The first kappa shape index (κ1) is 12.6. The minimum Gasteiger partial charge on any atom is -0.479 e. The number of hydrogen-bond acceptors (Lipinski definition) is 4. The van der Waals surface area contributed by atoms with Crippen molar-refractivity contribution in [2.45, 2.75) is 18.9 Å². The Labute approximate surface area is 104 Å². The van der Waals surface area contributed by atoms with Crippen LogP contribution in [0.25, 0.3) is 0 Å². The molecule has 1 aromatic heterocycles. The number of rotatable bonds is 5. The molecule has 4 N–H and O–H groups in total. The molecule has 1 saturated carbocycles. The fourth-order valence-corrected chi connectivity index (χ4v) is 1.84. The van der Waals surface area contributed by atoms with Gasteiger partial charge in [-0.05, 0) is 12.8 Å². The Balaban J connectivity index is 2.13. The summed E-state index contributed by atoms with van der Waals surface area (Å²) in [6.45, 7) is 0.248. The maximum absolute atomic E-state index is 12.0. The molecule has 0 bridgehead atoms. The van der Waals surface area contributed by atoms with Crippen LogP contribution in [0.4, 0.5) is 0 Å². The van der Waals surface area contributed by atoms with Crippen LogP contribution < -0.4 is 11.1 Å². The molecule has 1 fully saturated rings. The molecular formula is C11H16N4O3. The van der Waals surface area contributed by atoms with Crippen LogP contribution in [-0.4, -0.2) is 33.3 Å². The SMILES string of the molecule is Cn1cc(C(NC(=O)C2(CN)CC2)C(=O)O)cn1. The zero-order chi connectivity index (χ0) is 13.3. The second-order valence-corrected chi connectivity index (χ2v) is 4.68. The summed E-state index contributed by atoms with van der Waals surface area (Å²) >= 11 is 0. The normalized spacial score (nSPS) is 18.1. The number of aryl methyl sites for hydroxylation is 1. The molecule has 2 rings (SSSR count). The number of carbonyl (C=O) groups excluding carboxylic acids is 1. The van der Waals surface area contributed by atoms with Crippen molar-refractivity contribution in [2.24, 2.45) is 18.2 Å². The number of carboxylic acid groups (broad SMARTS) is 1. The van der Waals surface area contributed by atoms with Crippen molar-refractivity contribution in [3.05, 3.63) is 18.0 Å². The van der Waals surface area contributed by atoms with Crippen LogP contribution in [-0.2, 0) is 16.6 Å². The summed E-state index contributed by atoms with van der Waals surface area (Å²) in [6, 6.07) is -1.07. The zero-order valence-electron chi connectivity index (χ0n) is 10.1. The van der Waals surface area contributed by atoms with Crippen LogP contribution in [0.5, 0.6) is 0 Å². The predicted octanol–water partition coefficient (Wildman–Crippen LogP) is -0.599. The van der Waals surface area contributed by atoms with Crippen LogP contribution in [0.15, 0.2) is 12.4 Å². The highest BCUT2D eigenvalue weighted by Gasteiger charge is 2.49. The van der Waals surface area contributed by atoms with E-state index in [1.54, 1.807) is 13.2 Å². The van der Waals surface area contributed by atoms with Gasteiger partial charge in [-0.2, -0.15) is 5.10 Å². The summed E-state index contributed by atoms with van der Waals surface area (Å²) in [4.78, 5) is 23.2. The largest absolute Gasteiger partial charge is 0.479 e. The Bertz CT molecular complexity index is 478. The number of aliphatic carboxylic acids is 1. The van der Waals surface area contributed by atoms with E-state index in [2.05, 4.69) is 10.4 Å². The number of carboxylic acids is 1. The van der Waals surface area contributed by atoms with E-state index in [0.29, 0.717) is 18.4 Å². The van der Waals surface area contributed by atoms with Crippen LogP contribution in [0.1, 0.15) is 24.4 Å². The van der Waals surface area contributed by atoms with Crippen molar-refractivity contribution in [3.8, 4) is 0 Å². The average Bonchev–Trinajstić information content (AvgIpc) is 3.02. The molecule has 0 aliphatic heterocycles. The molecule has 1 unspecified atom stereocenters. The molecule has 0 spiro atoms. The highest BCUT2D eigenvalue weighted by molar-refractivity contribution is 5.90. The highest BCUT2D eigenvalue weighted by atomic mass is 16.4. The molecule has 0 saturated heterocycles. The van der Waals surface area contributed by atoms with Gasteiger partial charge in [0, 0.05) is 25.4 Å². The molecule has 1 aliphatic carbocycles. The lowest BCUT2D eigenvalue weighted by Gasteiger charge is -2.17. The first-order valence-corrected chi connectivity index (χ1v) is 5.71. The average molecular weight is 252 g/mol. The van der Waals surface area contributed by atoms with Crippen molar-refractivity contribution in [1.82, 2.24) is 15.1 Å². The van der Waals surface area contributed by atoms with Crippen LogP contribution in [0, 0.1) is 5.41 Å². The van der Waals surface area contributed by atoms with Crippen molar-refractivity contribution >= 4 is 11.9 Å². The van der Waals surface area contributed by atoms with E-state index >= 15 is 0 Å². The third-order valence-corrected chi connectivity index (χ3v) is 3.31. The minimum atomic E-state index is -1.11. The number of amides is 1. The summed E-state index contributed by atoms with van der Waals surface area (Å²) in [7, 11) is 1.69. The quantitative estimate of drug-likeness (QED) is 0.648. The van der Waals surface area contributed by atoms with E-state index < -0.39 is 17.4 Å². The molecule has 1 heterocycles. The molecule has 18 heavy (non-hydrogen) atoms. The molecule has 0 aromatic carbocycles. The van der Waals surface area contributed by atoms with E-state index in [1.807, 2.05) is 0 Å². The summed E-state index contributed by atoms with van der Waals surface area (Å²) in [5.74, 6) is -1.40. The van der Waals surface area contributed by atoms with E-state index in [1.165, 1.54) is 10.9 Å². The van der Waals surface area contributed by atoms with Gasteiger partial charge in [0.25, 0.3) is 0 Å². The van der Waals surface area contributed by atoms with Gasteiger partial charge in [-0.3, -0.25) is 9.48 Å². The number of hydrogen-bond donors (Lipinski definition) is 3. The highest BCUT2D eigenvalue weighted by Crippen LogP contribution is 2.45. The molecule has 0 radical (unpaired) electrons. The van der Waals surface area contributed by atoms with Gasteiger partial charge in [-0.15, -0.1) is 0 Å². The van der Waals surface area contributed by atoms with E-state index in [-0.39, 0.29) is 12.5 Å². The van der Waals surface area contributed by atoms with Crippen LogP contribution >= 0.6 is 0 Å². The topological polar surface area (TPSA) is 110 Å². The third kappa shape index (κ3) is 2.21. The summed E-state index contributed by atoms with van der Waals surface area (Å²) < 4.78 is 1.49. The van der Waals surface area contributed by atoms with Gasteiger partial charge in [0.05, 0.1) is 11.6 Å². The Morgan fingerprint density at radius 2 is 2.33 bits per heavy atom. The lowest BCUT2D eigenvalue weighted by atomic mass is 10.0. The number of carbonyl (C=O) groups is 2. The van der Waals surface area contributed by atoms with Gasteiger partial charge in [0.15, 0.2) is 6.04 Å². The van der Waals surface area contributed by atoms with Gasteiger partial charge >= 0.3 is 5.97 Å². The van der Waals surface area contributed by atoms with Gasteiger partial charge in [-0.25, -0.2) is 4.79 Å². The van der Waals surface area contributed by atoms with Gasteiger partial charge < -0.3 is 16.2 Å². The first-order chi connectivity index (χ1) is 8.48. The molecule has 7 heteroatoms. The standard InChI is InChI=1S/C11H16N4O3/c1-15-5-7(4-13-15)8(9(16)17)14-10(18)11(6-12)2-3-11/h4-5,8H,2-3,6,12H2,1H3,(H,14,18)(H,16,17). The van der Waals surface area contributed by atoms with Crippen molar-refractivity contribution in [2.75, 3.05) is 6.54 Å². The molecule has 98 valence electrons. The number of nitrogens with one attached hydrogen (secondary N) is 1. The van der Waals surface area contributed by atoms with E-state index in [4.69, 9.17) is 10.8 Å². The first-order valence-electron chi connectivity index (χ1n) is 5.71. The van der Waals surface area contributed by atoms with E-state index in [9.17, 15) is 9.59 Å². The predicted molar refractivity (Wildman–Crippen MR) is 62.4 cm³/mol. The maximum atomic E-state index is 12.0. The van der Waals surface area contributed by atoms with Crippen molar-refractivity contribution in [3.63, 3.8) is 0 Å². The molecule has 1 aliphatic rings. The molecule has 1 amide bonds. The number of nitrogens with zero attached hydrogens (tertiary/aromatic N) is 2. The van der Waals surface area contributed by atoms with Gasteiger partial charge in [0.1, 0.15) is 0 Å². The lowest BCUT2D eigenvalue weighted by Crippen LogP contribution is -2.41. The van der Waals surface area contributed by atoms with E-state index in [0.717, 1.165) is 0 Å². The van der Waals surface area contributed by atoms with Crippen LogP contribution in [0.2, 0.25) is 0 Å². The fourth-order valence-electron chi connectivity index (χ4n) is 1.84. The van der Waals surface area contributed by atoms with Crippen molar-refractivity contribution < 1.29 is 14.7 Å². The smallest absolute Gasteiger partial charge is 0.331 e. The van der Waals surface area contributed by atoms with Crippen LogP contribution in [0.3, 0.4) is 0 Å². The minimum absolute atomic E-state index is 0.248. The molecule has 7 nitrogen and oxygen atoms in total. The summed E-state index contributed by atoms with van der Waals surface area (Å²) in [5.41, 5.74) is 5.43. The summed E-state index contributed by atoms with van der Waals surface area (Å²) in [5, 5.41) is 15.6. The molecular weight excluding hydrogens is 236 g/mol. The van der Waals surface area contributed by atoms with Crippen molar-refractivity contribution in [1.29, 1.82) is 0 Å². The fraction of sp³-hybridized carbons (Fsp3) is 0.545. The molecule has 1 atom stereocenters. The number of nitrogens with two attached hydrogens (primary N) is 1. The Hall–Kier alpha value is -1.89. The second kappa shape index (κ2) is 4.41. The zero-order valence-corrected chi connectivity index (χ0v) is 10.1. The summed E-state index contributed by atoms with van der Waals surface area (Å²) in [6.07, 6.45) is 4.44. The molecule has 1 aromatic rings.